The molecular weight excluding hydrogens is 234 g/mol. The Bertz CT molecular complexity index is 369. The Morgan fingerprint density at radius 2 is 1.63 bits per heavy atom. The van der Waals surface area contributed by atoms with Crippen molar-refractivity contribution in [3.8, 4) is 0 Å². The van der Waals surface area contributed by atoms with Gasteiger partial charge in [-0.15, -0.1) is 0 Å². The lowest BCUT2D eigenvalue weighted by atomic mass is 9.90. The van der Waals surface area contributed by atoms with E-state index in [1.54, 1.807) is 0 Å². The zero-order valence-corrected chi connectivity index (χ0v) is 13.0. The molecule has 1 atom stereocenters. The highest BCUT2D eigenvalue weighted by Gasteiger charge is 2.25. The average Bonchev–Trinajstić information content (AvgIpc) is 2.36. The maximum absolute atomic E-state index is 9.70. The van der Waals surface area contributed by atoms with Crippen LogP contribution in [0.15, 0.2) is 24.3 Å². The van der Waals surface area contributed by atoms with Gasteiger partial charge in [-0.05, 0) is 42.9 Å². The van der Waals surface area contributed by atoms with E-state index in [0.717, 1.165) is 18.5 Å². The first-order chi connectivity index (χ1) is 8.87. The highest BCUT2D eigenvalue weighted by atomic mass is 16.3. The molecule has 0 heterocycles. The quantitative estimate of drug-likeness (QED) is 0.791. The van der Waals surface area contributed by atoms with E-state index in [9.17, 15) is 5.11 Å². The number of hydrogen-bond acceptors (Lipinski definition) is 2. The van der Waals surface area contributed by atoms with E-state index >= 15 is 0 Å². The van der Waals surface area contributed by atoms with E-state index in [-0.39, 0.29) is 12.1 Å². The number of aliphatic hydroxyl groups is 1. The van der Waals surface area contributed by atoms with Crippen LogP contribution in [0, 0.1) is 11.8 Å². The molecule has 1 aromatic rings. The molecule has 108 valence electrons. The summed E-state index contributed by atoms with van der Waals surface area (Å²) < 4.78 is 0. The van der Waals surface area contributed by atoms with Gasteiger partial charge in [0.2, 0.25) is 0 Å². The molecule has 2 N–H and O–H groups in total. The molecule has 2 nitrogen and oxygen atoms in total. The monoisotopic (exact) mass is 263 g/mol. The lowest BCUT2D eigenvalue weighted by Crippen LogP contribution is -2.44. The molecule has 0 saturated heterocycles. The summed E-state index contributed by atoms with van der Waals surface area (Å²) in [5.41, 5.74) is 2.17. The summed E-state index contributed by atoms with van der Waals surface area (Å²) in [5, 5.41) is 13.2. The Balaban J connectivity index is 2.80. The number of nitrogens with one attached hydrogen (secondary N) is 1. The van der Waals surface area contributed by atoms with Gasteiger partial charge in [0.1, 0.15) is 0 Å². The van der Waals surface area contributed by atoms with E-state index in [2.05, 4.69) is 64.2 Å². The van der Waals surface area contributed by atoms with Crippen LogP contribution in [0.1, 0.15) is 45.7 Å². The fourth-order valence-corrected chi connectivity index (χ4v) is 2.16. The van der Waals surface area contributed by atoms with Crippen molar-refractivity contribution >= 4 is 0 Å². The average molecular weight is 263 g/mol. The lowest BCUT2D eigenvalue weighted by molar-refractivity contribution is 0.171. The molecule has 0 aliphatic heterocycles. The topological polar surface area (TPSA) is 32.3 Å². The van der Waals surface area contributed by atoms with Crippen LogP contribution in [0.4, 0.5) is 0 Å². The van der Waals surface area contributed by atoms with E-state index in [0.29, 0.717) is 11.8 Å². The van der Waals surface area contributed by atoms with Gasteiger partial charge >= 0.3 is 0 Å². The molecule has 1 unspecified atom stereocenters. The Labute approximate surface area is 118 Å². The van der Waals surface area contributed by atoms with Crippen LogP contribution in [0.25, 0.3) is 0 Å². The molecule has 1 aromatic carbocycles. The fraction of sp³-hybridized carbons (Fsp3) is 0.647. The summed E-state index contributed by atoms with van der Waals surface area (Å²) >= 11 is 0. The summed E-state index contributed by atoms with van der Waals surface area (Å²) in [4.78, 5) is 0. The first kappa shape index (κ1) is 16.2. The van der Waals surface area contributed by atoms with Gasteiger partial charge in [0.25, 0.3) is 0 Å². The summed E-state index contributed by atoms with van der Waals surface area (Å²) in [7, 11) is 0. The minimum absolute atomic E-state index is 0.114. The van der Waals surface area contributed by atoms with E-state index < -0.39 is 0 Å². The van der Waals surface area contributed by atoms with Crippen LogP contribution in [0.2, 0.25) is 0 Å². The molecule has 0 saturated carbocycles. The number of benzene rings is 1. The van der Waals surface area contributed by atoms with Crippen LogP contribution in [-0.4, -0.2) is 18.3 Å². The molecule has 0 fully saturated rings. The molecule has 0 spiro atoms. The van der Waals surface area contributed by atoms with Crippen molar-refractivity contribution in [3.63, 3.8) is 0 Å². The second-order valence-corrected chi connectivity index (χ2v) is 6.56. The van der Waals surface area contributed by atoms with Gasteiger partial charge < -0.3 is 10.4 Å². The van der Waals surface area contributed by atoms with E-state index in [4.69, 9.17) is 0 Å². The van der Waals surface area contributed by atoms with Crippen molar-refractivity contribution in [2.45, 2.75) is 46.6 Å². The van der Waals surface area contributed by atoms with Crippen LogP contribution >= 0.6 is 0 Å². The molecule has 1 rings (SSSR count). The zero-order valence-electron chi connectivity index (χ0n) is 13.0. The lowest BCUT2D eigenvalue weighted by Gasteiger charge is -2.30. The molecular formula is C17H29NO. The normalized spacial score (nSPS) is 14.9. The molecule has 0 aliphatic rings. The summed E-state index contributed by atoms with van der Waals surface area (Å²) in [6.45, 7) is 11.9. The van der Waals surface area contributed by atoms with Crippen molar-refractivity contribution in [2.75, 3.05) is 13.2 Å². The molecule has 0 aliphatic carbocycles. The van der Waals surface area contributed by atoms with Gasteiger partial charge in [-0.2, -0.15) is 0 Å². The van der Waals surface area contributed by atoms with E-state index in [1.807, 2.05) is 0 Å². The van der Waals surface area contributed by atoms with Crippen LogP contribution in [0.3, 0.4) is 0 Å². The molecule has 0 amide bonds. The van der Waals surface area contributed by atoms with Crippen molar-refractivity contribution in [1.82, 2.24) is 5.32 Å². The van der Waals surface area contributed by atoms with Crippen LogP contribution < -0.4 is 5.32 Å². The van der Waals surface area contributed by atoms with Gasteiger partial charge in [0, 0.05) is 0 Å². The Hall–Kier alpha value is -0.860. The third-order valence-electron chi connectivity index (χ3n) is 3.45. The molecule has 0 aromatic heterocycles. The van der Waals surface area contributed by atoms with Gasteiger partial charge in [-0.1, -0.05) is 52.0 Å². The van der Waals surface area contributed by atoms with E-state index in [1.165, 1.54) is 5.56 Å². The molecule has 2 heteroatoms. The Kier molecular flexibility index (Phi) is 6.02. The van der Waals surface area contributed by atoms with Crippen molar-refractivity contribution in [1.29, 1.82) is 0 Å². The predicted octanol–water partition coefficient (Wildman–Crippen LogP) is 3.34. The largest absolute Gasteiger partial charge is 0.394 e. The van der Waals surface area contributed by atoms with Crippen molar-refractivity contribution in [2.24, 2.45) is 11.8 Å². The minimum Gasteiger partial charge on any atom is -0.394 e. The second-order valence-electron chi connectivity index (χ2n) is 6.56. The summed E-state index contributed by atoms with van der Waals surface area (Å²) in [6.07, 6.45) is 1.11. The Morgan fingerprint density at radius 3 is 2.05 bits per heavy atom. The smallest absolute Gasteiger partial charge is 0.0652 e. The van der Waals surface area contributed by atoms with Crippen LogP contribution in [-0.2, 0) is 12.0 Å². The Morgan fingerprint density at radius 1 is 1.05 bits per heavy atom. The summed E-state index contributed by atoms with van der Waals surface area (Å²) in [6, 6.07) is 8.64. The third kappa shape index (κ3) is 4.96. The number of rotatable bonds is 7. The van der Waals surface area contributed by atoms with Crippen molar-refractivity contribution in [3.05, 3.63) is 35.4 Å². The zero-order chi connectivity index (χ0) is 14.5. The van der Waals surface area contributed by atoms with Gasteiger partial charge in [-0.3, -0.25) is 0 Å². The molecule has 19 heavy (non-hydrogen) atoms. The standard InChI is InChI=1S/C17H29NO/c1-13(2)10-15-6-8-16(9-7-15)17(5,12-19)18-11-14(3)4/h6-9,13-14,18-19H,10-12H2,1-5H3. The highest BCUT2D eigenvalue weighted by Crippen LogP contribution is 2.22. The number of hydrogen-bond donors (Lipinski definition) is 2. The maximum Gasteiger partial charge on any atom is 0.0652 e. The fourth-order valence-electron chi connectivity index (χ4n) is 2.16. The van der Waals surface area contributed by atoms with Gasteiger partial charge in [-0.25, -0.2) is 0 Å². The minimum atomic E-state index is -0.347. The number of aliphatic hydroxyl groups excluding tert-OH is 1. The SMILES string of the molecule is CC(C)CNC(C)(CO)c1ccc(CC(C)C)cc1. The molecule has 0 radical (unpaired) electrons. The first-order valence-corrected chi connectivity index (χ1v) is 7.32. The van der Waals surface area contributed by atoms with Gasteiger partial charge in [0.05, 0.1) is 12.1 Å². The second kappa shape index (κ2) is 7.06. The third-order valence-corrected chi connectivity index (χ3v) is 3.45. The first-order valence-electron chi connectivity index (χ1n) is 7.32. The van der Waals surface area contributed by atoms with Crippen molar-refractivity contribution < 1.29 is 5.11 Å². The van der Waals surface area contributed by atoms with Crippen LogP contribution in [0.5, 0.6) is 0 Å². The highest BCUT2D eigenvalue weighted by molar-refractivity contribution is 5.28. The summed E-state index contributed by atoms with van der Waals surface area (Å²) in [5.74, 6) is 1.25. The molecule has 0 bridgehead atoms. The van der Waals surface area contributed by atoms with Gasteiger partial charge in [0.15, 0.2) is 0 Å². The predicted molar refractivity (Wildman–Crippen MR) is 82.3 cm³/mol. The maximum atomic E-state index is 9.70.